The zero-order valence-corrected chi connectivity index (χ0v) is 12.2. The van der Waals surface area contributed by atoms with Crippen LogP contribution in [0.5, 0.6) is 0 Å². The number of carbonyl (C=O) groups is 1. The predicted octanol–water partition coefficient (Wildman–Crippen LogP) is -0.323. The van der Waals surface area contributed by atoms with Crippen LogP contribution in [-0.2, 0) is 27.2 Å². The van der Waals surface area contributed by atoms with Crippen molar-refractivity contribution < 1.29 is 32.3 Å². The van der Waals surface area contributed by atoms with Crippen molar-refractivity contribution in [3.05, 3.63) is 0 Å². The number of carbonyl (C=O) groups excluding carboxylic acids is 1. The van der Waals surface area contributed by atoms with Crippen molar-refractivity contribution in [1.82, 2.24) is 4.90 Å². The largest absolute Gasteiger partial charge is 1.00 e. The maximum absolute atomic E-state index is 9.59. The molecule has 0 aliphatic carbocycles. The second-order valence-corrected chi connectivity index (χ2v) is 3.29. The molecule has 4 nitrogen and oxygen atoms in total. The molecule has 0 aromatic heterocycles. The van der Waals surface area contributed by atoms with Gasteiger partial charge in [0.1, 0.15) is 0 Å². The fourth-order valence-electron chi connectivity index (χ4n) is 0.722. The average Bonchev–Trinajstić information content (AvgIpc) is 2.15. The van der Waals surface area contributed by atoms with E-state index in [-0.39, 0.29) is 28.3 Å². The zero-order valence-electron chi connectivity index (χ0n) is 10.0. The summed E-state index contributed by atoms with van der Waals surface area (Å²) < 4.78 is 0. The molecule has 0 spiro atoms. The number of hydrogen-bond donors (Lipinski definition) is 1. The Morgan fingerprint density at radius 2 is 1.67 bits per heavy atom. The first-order valence-electron chi connectivity index (χ1n) is 5.12. The summed E-state index contributed by atoms with van der Waals surface area (Å²) in [5, 5.41) is 9.59. The van der Waals surface area contributed by atoms with Crippen molar-refractivity contribution in [1.29, 1.82) is 0 Å². The van der Waals surface area contributed by atoms with E-state index in [1.165, 1.54) is 0 Å². The normalized spacial score (nSPS) is 9.27. The van der Waals surface area contributed by atoms with Crippen molar-refractivity contribution in [2.75, 3.05) is 26.2 Å². The van der Waals surface area contributed by atoms with Crippen LogP contribution < -0.4 is 10.8 Å². The Bertz CT molecular complexity index is 139. The number of hydrogen-bond acceptors (Lipinski definition) is 4. The van der Waals surface area contributed by atoms with Gasteiger partial charge >= 0.3 is 22.4 Å². The Morgan fingerprint density at radius 1 is 1.33 bits per heavy atom. The van der Waals surface area contributed by atoms with E-state index < -0.39 is 5.97 Å². The van der Waals surface area contributed by atoms with Gasteiger partial charge in [0.05, 0.1) is 0 Å². The first-order chi connectivity index (χ1) is 6.49. The summed E-state index contributed by atoms with van der Waals surface area (Å²) in [5.74, 6) is -1.33. The summed E-state index contributed by atoms with van der Waals surface area (Å²) in [7, 11) is 0. The third-order valence-corrected chi connectivity index (χ3v) is 1.81. The van der Waals surface area contributed by atoms with Gasteiger partial charge in [0.15, 0.2) is 0 Å². The summed E-state index contributed by atoms with van der Waals surface area (Å²) in [4.78, 5) is 11.9. The minimum Gasteiger partial charge on any atom is -0.550 e. The van der Waals surface area contributed by atoms with Crippen LogP contribution in [-0.4, -0.2) is 37.0 Å². The van der Waals surface area contributed by atoms with E-state index >= 15 is 0 Å². The van der Waals surface area contributed by atoms with Crippen LogP contribution in [0.2, 0.25) is 0 Å². The van der Waals surface area contributed by atoms with Crippen LogP contribution >= 0.6 is 0 Å². The molecule has 0 bridgehead atoms. The van der Waals surface area contributed by atoms with Gasteiger partial charge in [-0.25, -0.2) is 0 Å². The third-order valence-electron chi connectivity index (χ3n) is 1.81. The smallest absolute Gasteiger partial charge is 0.550 e. The number of nitrogens with zero attached hydrogens (tertiary/aromatic N) is 1. The number of nitrogens with two attached hydrogens (primary N) is 1. The predicted molar refractivity (Wildman–Crippen MR) is 56.7 cm³/mol. The van der Waals surface area contributed by atoms with Crippen molar-refractivity contribution >= 4 is 5.97 Å². The molecular formula is C10H23AuN2O2. The second kappa shape index (κ2) is 14.1. The van der Waals surface area contributed by atoms with Gasteiger partial charge in [0.25, 0.3) is 0 Å². The molecule has 0 fully saturated rings. The maximum Gasteiger partial charge on any atom is 1.00 e. The number of likely N-dealkylation sites (N-methyl/N-ethyl adjacent to an activating group) is 1. The molecule has 0 heterocycles. The molecule has 0 unspecified atom stereocenters. The third kappa shape index (κ3) is 16.8. The van der Waals surface area contributed by atoms with Crippen LogP contribution in [0, 0.1) is 5.92 Å². The molecule has 15 heavy (non-hydrogen) atoms. The van der Waals surface area contributed by atoms with Crippen molar-refractivity contribution in [2.24, 2.45) is 11.7 Å². The Balaban J connectivity index is -0.000000187. The summed E-state index contributed by atoms with van der Waals surface area (Å²) in [5.41, 5.74) is 5.34. The van der Waals surface area contributed by atoms with Gasteiger partial charge in [-0.1, -0.05) is 27.7 Å². The fraction of sp³-hybridized carbons (Fsp3) is 0.900. The Hall–Kier alpha value is 0.130. The second-order valence-electron chi connectivity index (χ2n) is 3.29. The molecule has 0 aliphatic heterocycles. The molecule has 0 aromatic carbocycles. The summed E-state index contributed by atoms with van der Waals surface area (Å²) in [6.07, 6.45) is 0. The zero-order chi connectivity index (χ0) is 11.6. The molecule has 0 atom stereocenters. The number of carboxylic acid groups (broad SMARTS) is 1. The first-order valence-corrected chi connectivity index (χ1v) is 5.12. The van der Waals surface area contributed by atoms with Crippen molar-refractivity contribution in [2.45, 2.75) is 27.7 Å². The van der Waals surface area contributed by atoms with Gasteiger partial charge < -0.3 is 20.5 Å². The Morgan fingerprint density at radius 3 is 1.73 bits per heavy atom. The molecule has 0 amide bonds. The standard InChI is InChI=1S/C6H16N2.C4H8O2.Au/c1-3-8(4-2)6-5-7;1-3(2)4(5)6;/h3-7H2,1-2H3;3H,1-2H3,(H,5,6);/q;;+1/p-1. The van der Waals surface area contributed by atoms with Crippen molar-refractivity contribution in [3.8, 4) is 0 Å². The molecule has 0 saturated carbocycles. The summed E-state index contributed by atoms with van der Waals surface area (Å²) >= 11 is 0. The van der Waals surface area contributed by atoms with Gasteiger partial charge in [-0.05, 0) is 19.0 Å². The van der Waals surface area contributed by atoms with E-state index in [1.54, 1.807) is 13.8 Å². The number of rotatable bonds is 5. The first kappa shape index (κ1) is 20.5. The van der Waals surface area contributed by atoms with Gasteiger partial charge in [-0.3, -0.25) is 0 Å². The van der Waals surface area contributed by atoms with Gasteiger partial charge in [-0.15, -0.1) is 0 Å². The Labute approximate surface area is 109 Å². The molecule has 0 radical (unpaired) electrons. The van der Waals surface area contributed by atoms with Crippen LogP contribution in [0.15, 0.2) is 0 Å². The quantitative estimate of drug-likeness (QED) is 0.643. The van der Waals surface area contributed by atoms with Crippen molar-refractivity contribution in [3.63, 3.8) is 0 Å². The Kier molecular flexibility index (Phi) is 19.3. The molecule has 0 rings (SSSR count). The molecule has 96 valence electrons. The van der Waals surface area contributed by atoms with Crippen LogP contribution in [0.3, 0.4) is 0 Å². The van der Waals surface area contributed by atoms with Gasteiger partial charge in [0, 0.05) is 19.1 Å². The molecule has 5 heteroatoms. The molecule has 0 aliphatic rings. The molecule has 0 aromatic rings. The van der Waals surface area contributed by atoms with E-state index in [9.17, 15) is 9.90 Å². The minimum atomic E-state index is -0.991. The topological polar surface area (TPSA) is 69.4 Å². The number of aliphatic carboxylic acids is 1. The van der Waals surface area contributed by atoms with Crippen LogP contribution in [0.25, 0.3) is 0 Å². The molecule has 2 N–H and O–H groups in total. The molecular weight excluding hydrogens is 377 g/mol. The van der Waals surface area contributed by atoms with E-state index in [4.69, 9.17) is 5.73 Å². The maximum atomic E-state index is 9.59. The van der Waals surface area contributed by atoms with E-state index in [0.29, 0.717) is 0 Å². The van der Waals surface area contributed by atoms with Gasteiger partial charge in [0.2, 0.25) is 0 Å². The summed E-state index contributed by atoms with van der Waals surface area (Å²) in [6, 6.07) is 0. The summed E-state index contributed by atoms with van der Waals surface area (Å²) in [6.45, 7) is 11.5. The monoisotopic (exact) mass is 400 g/mol. The van der Waals surface area contributed by atoms with E-state index in [0.717, 1.165) is 26.2 Å². The minimum absolute atomic E-state index is 0. The number of carboxylic acids is 1. The van der Waals surface area contributed by atoms with E-state index in [1.807, 2.05) is 0 Å². The van der Waals surface area contributed by atoms with Crippen LogP contribution in [0.1, 0.15) is 27.7 Å². The fourth-order valence-corrected chi connectivity index (χ4v) is 0.722. The van der Waals surface area contributed by atoms with Gasteiger partial charge in [-0.2, -0.15) is 0 Å². The average molecular weight is 400 g/mol. The molecule has 0 saturated heterocycles. The van der Waals surface area contributed by atoms with Crippen LogP contribution in [0.4, 0.5) is 0 Å². The van der Waals surface area contributed by atoms with E-state index in [2.05, 4.69) is 18.7 Å². The SMILES string of the molecule is CC(C)C(=O)[O-].CCN(CC)CCN.[Au+].